The van der Waals surface area contributed by atoms with Crippen molar-refractivity contribution >= 4 is 23.0 Å². The molecule has 0 spiro atoms. The van der Waals surface area contributed by atoms with E-state index in [9.17, 15) is 13.2 Å². The average molecular weight is 273 g/mol. The van der Waals surface area contributed by atoms with Gasteiger partial charge in [0.1, 0.15) is 11.6 Å². The molecule has 0 unspecified atom stereocenters. The molecule has 2 nitrogen and oxygen atoms in total. The molecule has 2 aromatic rings. The van der Waals surface area contributed by atoms with Crippen LogP contribution in [0.5, 0.6) is 0 Å². The van der Waals surface area contributed by atoms with Crippen LogP contribution in [0.2, 0.25) is 5.02 Å². The largest absolute Gasteiger partial charge is 0.298 e. The Labute approximate surface area is 106 Å². The minimum absolute atomic E-state index is 0.00532. The molecule has 94 valence electrons. The zero-order chi connectivity index (χ0) is 13.1. The summed E-state index contributed by atoms with van der Waals surface area (Å²) in [6.07, 6.45) is 0. The normalized spacial score (nSPS) is 10.2. The second kappa shape index (κ2) is 5.18. The number of halogens is 4. The lowest BCUT2D eigenvalue weighted by Gasteiger charge is -2.11. The number of hydrogen-bond acceptors (Lipinski definition) is 2. The van der Waals surface area contributed by atoms with E-state index in [2.05, 4.69) is 10.9 Å². The van der Waals surface area contributed by atoms with Crippen molar-refractivity contribution < 1.29 is 13.2 Å². The van der Waals surface area contributed by atoms with E-state index in [0.717, 1.165) is 18.2 Å². The van der Waals surface area contributed by atoms with Crippen molar-refractivity contribution in [1.82, 2.24) is 0 Å². The highest BCUT2D eigenvalue weighted by Gasteiger charge is 2.05. The highest BCUT2D eigenvalue weighted by Crippen LogP contribution is 2.20. The third-order valence-corrected chi connectivity index (χ3v) is 2.43. The average Bonchev–Trinajstić information content (AvgIpc) is 2.30. The monoisotopic (exact) mass is 272 g/mol. The lowest BCUT2D eigenvalue weighted by molar-refractivity contribution is 0.585. The molecule has 2 N–H and O–H groups in total. The fraction of sp³-hybridized carbons (Fsp3) is 0. The minimum atomic E-state index is -0.781. The third-order valence-electron chi connectivity index (χ3n) is 2.19. The van der Waals surface area contributed by atoms with E-state index >= 15 is 0 Å². The molecule has 0 aliphatic heterocycles. The summed E-state index contributed by atoms with van der Waals surface area (Å²) in [5.74, 6) is -2.05. The highest BCUT2D eigenvalue weighted by molar-refractivity contribution is 6.30. The summed E-state index contributed by atoms with van der Waals surface area (Å²) in [6.45, 7) is 0. The molecule has 0 aliphatic carbocycles. The molecule has 0 aliphatic rings. The van der Waals surface area contributed by atoms with Crippen LogP contribution in [0.25, 0.3) is 0 Å². The smallest absolute Gasteiger partial charge is 0.150 e. The van der Waals surface area contributed by atoms with Crippen LogP contribution in [0.1, 0.15) is 0 Å². The van der Waals surface area contributed by atoms with Crippen LogP contribution in [-0.2, 0) is 0 Å². The van der Waals surface area contributed by atoms with Crippen LogP contribution in [-0.4, -0.2) is 0 Å². The number of hydrazine groups is 1. The molecule has 6 heteroatoms. The van der Waals surface area contributed by atoms with E-state index in [4.69, 9.17) is 11.6 Å². The Hall–Kier alpha value is -1.88. The molecule has 0 aromatic heterocycles. The number of nitrogens with one attached hydrogen (secondary N) is 2. The zero-order valence-electron chi connectivity index (χ0n) is 8.98. The molecular formula is C12H8ClF3N2. The maximum Gasteiger partial charge on any atom is 0.150 e. The maximum atomic E-state index is 13.4. The Balaban J connectivity index is 2.11. The van der Waals surface area contributed by atoms with Gasteiger partial charge in [0.05, 0.1) is 11.4 Å². The molecule has 2 rings (SSSR count). The minimum Gasteiger partial charge on any atom is -0.298 e. The molecule has 18 heavy (non-hydrogen) atoms. The fourth-order valence-corrected chi connectivity index (χ4v) is 1.48. The quantitative estimate of drug-likeness (QED) is 0.819. The van der Waals surface area contributed by atoms with Crippen LogP contribution in [0, 0.1) is 17.5 Å². The van der Waals surface area contributed by atoms with E-state index in [1.54, 1.807) is 0 Å². The van der Waals surface area contributed by atoms with Crippen LogP contribution in [0.3, 0.4) is 0 Å². The van der Waals surface area contributed by atoms with E-state index < -0.39 is 17.5 Å². The molecule has 0 saturated heterocycles. The van der Waals surface area contributed by atoms with E-state index in [1.165, 1.54) is 18.2 Å². The van der Waals surface area contributed by atoms with Crippen molar-refractivity contribution in [2.45, 2.75) is 0 Å². The lowest BCUT2D eigenvalue weighted by Crippen LogP contribution is -2.11. The van der Waals surface area contributed by atoms with Gasteiger partial charge < -0.3 is 0 Å². The Bertz CT molecular complexity index is 524. The summed E-state index contributed by atoms with van der Waals surface area (Å²) >= 11 is 5.59. The molecule has 0 fully saturated rings. The molecule has 2 aromatic carbocycles. The number of benzene rings is 2. The molecular weight excluding hydrogens is 265 g/mol. The van der Waals surface area contributed by atoms with Crippen molar-refractivity contribution in [1.29, 1.82) is 0 Å². The van der Waals surface area contributed by atoms with Crippen molar-refractivity contribution in [3.63, 3.8) is 0 Å². The van der Waals surface area contributed by atoms with Crippen LogP contribution < -0.4 is 10.9 Å². The Morgan fingerprint density at radius 1 is 0.778 bits per heavy atom. The molecule has 0 atom stereocenters. The van der Waals surface area contributed by atoms with Crippen molar-refractivity contribution in [2.75, 3.05) is 10.9 Å². The van der Waals surface area contributed by atoms with Gasteiger partial charge in [0.25, 0.3) is 0 Å². The predicted molar refractivity (Wildman–Crippen MR) is 65.0 cm³/mol. The highest BCUT2D eigenvalue weighted by atomic mass is 35.5. The Morgan fingerprint density at radius 2 is 1.33 bits per heavy atom. The third kappa shape index (κ3) is 2.87. The number of anilines is 2. The van der Waals surface area contributed by atoms with Gasteiger partial charge in [0.2, 0.25) is 0 Å². The summed E-state index contributed by atoms with van der Waals surface area (Å²) in [5.41, 5.74) is 5.02. The van der Waals surface area contributed by atoms with Gasteiger partial charge in [-0.1, -0.05) is 11.6 Å². The predicted octanol–water partition coefficient (Wildman–Crippen LogP) is 4.20. The first-order chi connectivity index (χ1) is 8.56. The van der Waals surface area contributed by atoms with E-state index in [-0.39, 0.29) is 16.4 Å². The first-order valence-electron chi connectivity index (χ1n) is 4.98. The summed E-state index contributed by atoms with van der Waals surface area (Å²) in [6, 6.07) is 7.01. The number of rotatable bonds is 3. The van der Waals surface area contributed by atoms with Gasteiger partial charge in [0, 0.05) is 11.1 Å². The van der Waals surface area contributed by atoms with E-state index in [1.807, 2.05) is 0 Å². The van der Waals surface area contributed by atoms with Crippen LogP contribution in [0.15, 0.2) is 36.4 Å². The molecule has 0 radical (unpaired) electrons. The van der Waals surface area contributed by atoms with Gasteiger partial charge in [-0.05, 0) is 30.3 Å². The Kier molecular flexibility index (Phi) is 3.62. The lowest BCUT2D eigenvalue weighted by atomic mass is 10.3. The van der Waals surface area contributed by atoms with Gasteiger partial charge in [-0.25, -0.2) is 13.2 Å². The standard InChI is InChI=1S/C12H8ClF3N2/c13-7-1-3-11(9(15)5-7)17-18-12-4-2-8(14)6-10(12)16/h1-6,17-18H. The first kappa shape index (κ1) is 12.6. The van der Waals surface area contributed by atoms with Crippen molar-refractivity contribution in [2.24, 2.45) is 0 Å². The summed E-state index contributed by atoms with van der Waals surface area (Å²) in [5, 5.41) is 0.256. The van der Waals surface area contributed by atoms with Gasteiger partial charge in [-0.3, -0.25) is 10.9 Å². The first-order valence-corrected chi connectivity index (χ1v) is 5.36. The molecule has 0 saturated carbocycles. The molecule has 0 heterocycles. The van der Waals surface area contributed by atoms with Crippen LogP contribution >= 0.6 is 11.6 Å². The number of hydrogen-bond donors (Lipinski definition) is 2. The topological polar surface area (TPSA) is 24.1 Å². The summed E-state index contributed by atoms with van der Waals surface area (Å²) in [4.78, 5) is 0. The maximum absolute atomic E-state index is 13.4. The van der Waals surface area contributed by atoms with Crippen molar-refractivity contribution in [3.8, 4) is 0 Å². The van der Waals surface area contributed by atoms with Crippen molar-refractivity contribution in [3.05, 3.63) is 58.9 Å². The Morgan fingerprint density at radius 3 is 1.89 bits per heavy atom. The van der Waals surface area contributed by atoms with Gasteiger partial charge >= 0.3 is 0 Å². The van der Waals surface area contributed by atoms with Gasteiger partial charge in [-0.15, -0.1) is 0 Å². The molecule has 0 amide bonds. The molecule has 0 bridgehead atoms. The summed E-state index contributed by atoms with van der Waals surface area (Å²) < 4.78 is 39.3. The van der Waals surface area contributed by atoms with Gasteiger partial charge in [-0.2, -0.15) is 0 Å². The second-order valence-electron chi connectivity index (χ2n) is 3.50. The van der Waals surface area contributed by atoms with Gasteiger partial charge in [0.15, 0.2) is 5.82 Å². The van der Waals surface area contributed by atoms with E-state index in [0.29, 0.717) is 0 Å². The zero-order valence-corrected chi connectivity index (χ0v) is 9.73. The SMILES string of the molecule is Fc1ccc(NNc2ccc(Cl)cc2F)c(F)c1. The summed E-state index contributed by atoms with van der Waals surface area (Å²) in [7, 11) is 0. The van der Waals surface area contributed by atoms with Crippen LogP contribution in [0.4, 0.5) is 24.5 Å². The fourth-order valence-electron chi connectivity index (χ4n) is 1.32. The second-order valence-corrected chi connectivity index (χ2v) is 3.93.